The summed E-state index contributed by atoms with van der Waals surface area (Å²) in [6.45, 7) is 8.80. The highest BCUT2D eigenvalue weighted by Gasteiger charge is 2.57. The molecule has 1 saturated heterocycles. The van der Waals surface area contributed by atoms with Gasteiger partial charge in [-0.15, -0.1) is 0 Å². The molecule has 0 saturated carbocycles. The van der Waals surface area contributed by atoms with Crippen LogP contribution in [0.25, 0.3) is 0 Å². The number of hydrogen-bond acceptors (Lipinski definition) is 1. The van der Waals surface area contributed by atoms with Crippen LogP contribution in [-0.2, 0) is 0 Å². The number of benzene rings is 2. The molecule has 1 fully saturated rings. The molecule has 0 amide bonds. The lowest BCUT2D eigenvalue weighted by Crippen LogP contribution is -3.13. The highest BCUT2D eigenvalue weighted by Crippen LogP contribution is 2.47. The molecular formula is C23H32NO+. The number of likely N-dealkylation sites (tertiary alicyclic amines) is 1. The quantitative estimate of drug-likeness (QED) is 0.877. The molecule has 0 aromatic heterocycles. The molecule has 1 aliphatic rings. The van der Waals surface area contributed by atoms with E-state index in [-0.39, 0.29) is 29.8 Å². The van der Waals surface area contributed by atoms with Crippen molar-refractivity contribution in [3.05, 3.63) is 71.8 Å². The molecule has 3 rings (SSSR count). The van der Waals surface area contributed by atoms with Crippen LogP contribution in [0.4, 0.5) is 0 Å². The first kappa shape index (κ1) is 18.2. The molecular weight excluding hydrogens is 306 g/mol. The van der Waals surface area contributed by atoms with Crippen LogP contribution in [0, 0.1) is 17.8 Å². The highest BCUT2D eigenvalue weighted by atomic mass is 16.3. The van der Waals surface area contributed by atoms with Gasteiger partial charge in [0.15, 0.2) is 0 Å². The van der Waals surface area contributed by atoms with Gasteiger partial charge in [-0.2, -0.15) is 0 Å². The van der Waals surface area contributed by atoms with Crippen molar-refractivity contribution < 1.29 is 10.0 Å². The van der Waals surface area contributed by atoms with Crippen molar-refractivity contribution in [1.29, 1.82) is 0 Å². The first-order valence-electron chi connectivity index (χ1n) is 9.54. The van der Waals surface area contributed by atoms with Crippen LogP contribution < -0.4 is 4.90 Å². The molecule has 1 aliphatic heterocycles. The molecule has 134 valence electrons. The van der Waals surface area contributed by atoms with Crippen molar-refractivity contribution in [2.45, 2.75) is 45.4 Å². The Labute approximate surface area is 152 Å². The number of aliphatic hydroxyl groups is 1. The minimum Gasteiger partial charge on any atom is -0.389 e. The van der Waals surface area contributed by atoms with Crippen LogP contribution >= 0.6 is 0 Å². The van der Waals surface area contributed by atoms with E-state index in [1.807, 2.05) is 0 Å². The Morgan fingerprint density at radius 2 is 1.16 bits per heavy atom. The zero-order valence-corrected chi connectivity index (χ0v) is 16.1. The zero-order chi connectivity index (χ0) is 18.2. The SMILES string of the molecule is CC(C)C1(O)[C@H](C)[C@@H](c2ccccc2)[NH+](C)[C@H](c2ccccc2)[C@@H]1C. The Balaban J connectivity index is 2.13. The number of quaternary nitrogens is 1. The molecule has 2 aromatic rings. The van der Waals surface area contributed by atoms with Crippen LogP contribution in [-0.4, -0.2) is 17.8 Å². The van der Waals surface area contributed by atoms with Gasteiger partial charge in [0.05, 0.1) is 12.6 Å². The topological polar surface area (TPSA) is 24.7 Å². The van der Waals surface area contributed by atoms with Crippen LogP contribution in [0.5, 0.6) is 0 Å². The van der Waals surface area contributed by atoms with E-state index in [9.17, 15) is 5.11 Å². The number of piperidine rings is 1. The van der Waals surface area contributed by atoms with Gasteiger partial charge in [-0.1, -0.05) is 88.4 Å². The number of rotatable bonds is 3. The van der Waals surface area contributed by atoms with E-state index < -0.39 is 5.60 Å². The van der Waals surface area contributed by atoms with Gasteiger partial charge >= 0.3 is 0 Å². The zero-order valence-electron chi connectivity index (χ0n) is 16.1. The fraction of sp³-hybridized carbons (Fsp3) is 0.478. The second-order valence-corrected chi connectivity index (χ2v) is 8.14. The van der Waals surface area contributed by atoms with E-state index in [1.54, 1.807) is 0 Å². The van der Waals surface area contributed by atoms with E-state index in [0.29, 0.717) is 0 Å². The average Bonchev–Trinajstić information content (AvgIpc) is 2.62. The lowest BCUT2D eigenvalue weighted by molar-refractivity contribution is -0.962. The van der Waals surface area contributed by atoms with Crippen LogP contribution in [0.15, 0.2) is 60.7 Å². The predicted octanol–water partition coefficient (Wildman–Crippen LogP) is 3.66. The van der Waals surface area contributed by atoms with Crippen molar-refractivity contribution in [2.24, 2.45) is 17.8 Å². The Morgan fingerprint density at radius 3 is 1.48 bits per heavy atom. The standard InChI is InChI=1S/C23H31NO/c1-16(2)23(25)17(3)21(19-12-8-6-9-13-19)24(5)22(18(23)4)20-14-10-7-11-15-20/h6-18,21-22,25H,1-5H3/p+1/t17-,18+,21-,22-,23?/m0/s1. The summed E-state index contributed by atoms with van der Waals surface area (Å²) in [5, 5.41) is 11.9. The molecule has 0 bridgehead atoms. The Kier molecular flexibility index (Phi) is 5.04. The molecule has 2 aromatic carbocycles. The van der Waals surface area contributed by atoms with Crippen molar-refractivity contribution in [3.63, 3.8) is 0 Å². The summed E-state index contributed by atoms with van der Waals surface area (Å²) in [7, 11) is 2.29. The Morgan fingerprint density at radius 1 is 0.800 bits per heavy atom. The monoisotopic (exact) mass is 338 g/mol. The van der Waals surface area contributed by atoms with Crippen molar-refractivity contribution >= 4 is 0 Å². The van der Waals surface area contributed by atoms with Gasteiger partial charge in [-0.05, 0) is 5.92 Å². The second-order valence-electron chi connectivity index (χ2n) is 8.14. The molecule has 2 nitrogen and oxygen atoms in total. The van der Waals surface area contributed by atoms with Crippen molar-refractivity contribution in [3.8, 4) is 0 Å². The van der Waals surface area contributed by atoms with Gasteiger partial charge in [0, 0.05) is 23.0 Å². The van der Waals surface area contributed by atoms with Gasteiger partial charge in [0.2, 0.25) is 0 Å². The molecule has 0 radical (unpaired) electrons. The van der Waals surface area contributed by atoms with Crippen LogP contribution in [0.2, 0.25) is 0 Å². The lowest BCUT2D eigenvalue weighted by Gasteiger charge is -2.55. The minimum absolute atomic E-state index is 0.185. The molecule has 2 unspecified atom stereocenters. The van der Waals surface area contributed by atoms with Gasteiger partial charge < -0.3 is 10.0 Å². The summed E-state index contributed by atoms with van der Waals surface area (Å²) in [6.07, 6.45) is 0. The van der Waals surface area contributed by atoms with Gasteiger partial charge in [0.1, 0.15) is 12.1 Å². The summed E-state index contributed by atoms with van der Waals surface area (Å²) in [4.78, 5) is 1.47. The Hall–Kier alpha value is -1.64. The first-order valence-corrected chi connectivity index (χ1v) is 9.54. The van der Waals surface area contributed by atoms with Crippen molar-refractivity contribution in [2.75, 3.05) is 7.05 Å². The van der Waals surface area contributed by atoms with Gasteiger partial charge in [-0.25, -0.2) is 0 Å². The normalized spacial score (nSPS) is 35.7. The fourth-order valence-electron chi connectivity index (χ4n) is 5.41. The third-order valence-electron chi connectivity index (χ3n) is 6.68. The van der Waals surface area contributed by atoms with E-state index in [1.165, 1.54) is 16.0 Å². The molecule has 2 heteroatoms. The molecule has 6 atom stereocenters. The maximum atomic E-state index is 11.9. The summed E-state index contributed by atoms with van der Waals surface area (Å²) >= 11 is 0. The Bertz CT molecular complexity index is 628. The lowest BCUT2D eigenvalue weighted by atomic mass is 9.61. The van der Waals surface area contributed by atoms with E-state index >= 15 is 0 Å². The predicted molar refractivity (Wildman–Crippen MR) is 103 cm³/mol. The summed E-state index contributed by atoms with van der Waals surface area (Å²) < 4.78 is 0. The third kappa shape index (κ3) is 2.92. The molecule has 0 spiro atoms. The first-order chi connectivity index (χ1) is 11.9. The van der Waals surface area contributed by atoms with E-state index in [4.69, 9.17) is 0 Å². The molecule has 2 N–H and O–H groups in total. The maximum absolute atomic E-state index is 11.9. The summed E-state index contributed by atoms with van der Waals surface area (Å²) in [5.41, 5.74) is 1.94. The average molecular weight is 339 g/mol. The third-order valence-corrected chi connectivity index (χ3v) is 6.68. The molecule has 25 heavy (non-hydrogen) atoms. The molecule has 0 aliphatic carbocycles. The van der Waals surface area contributed by atoms with Gasteiger partial charge in [-0.3, -0.25) is 0 Å². The van der Waals surface area contributed by atoms with Gasteiger partial charge in [0.25, 0.3) is 0 Å². The van der Waals surface area contributed by atoms with E-state index in [2.05, 4.69) is 95.4 Å². The molecule has 1 heterocycles. The fourth-order valence-corrected chi connectivity index (χ4v) is 5.41. The summed E-state index contributed by atoms with van der Waals surface area (Å²) in [6, 6.07) is 22.0. The van der Waals surface area contributed by atoms with Crippen molar-refractivity contribution in [1.82, 2.24) is 0 Å². The van der Waals surface area contributed by atoms with E-state index in [0.717, 1.165) is 0 Å². The van der Waals surface area contributed by atoms with Crippen LogP contribution in [0.1, 0.15) is 50.9 Å². The maximum Gasteiger partial charge on any atom is 0.119 e. The largest absolute Gasteiger partial charge is 0.389 e. The second kappa shape index (κ2) is 6.93. The smallest absolute Gasteiger partial charge is 0.119 e. The highest BCUT2D eigenvalue weighted by molar-refractivity contribution is 5.24. The van der Waals surface area contributed by atoms with Crippen LogP contribution in [0.3, 0.4) is 0 Å². The summed E-state index contributed by atoms with van der Waals surface area (Å²) in [5.74, 6) is 0.581. The number of hydrogen-bond donors (Lipinski definition) is 2. The minimum atomic E-state index is -0.694. The number of nitrogens with one attached hydrogen (secondary N) is 1.